The van der Waals surface area contributed by atoms with Gasteiger partial charge in [-0.05, 0) is 90.9 Å². The Morgan fingerprint density at radius 3 is 1.55 bits per heavy atom. The first-order chi connectivity index (χ1) is 37.9. The van der Waals surface area contributed by atoms with Crippen LogP contribution in [0, 0.1) is 0 Å². The second-order valence-electron chi connectivity index (χ2n) is 21.2. The zero-order valence-electron chi connectivity index (χ0n) is 44.3. The van der Waals surface area contributed by atoms with E-state index in [0.717, 1.165) is 88.7 Å². The molecule has 78 heavy (non-hydrogen) atoms. The molecule has 4 fully saturated rings. The van der Waals surface area contributed by atoms with E-state index in [4.69, 9.17) is 24.9 Å². The molecule has 0 radical (unpaired) electrons. The number of rotatable bonds is 22. The molecular weight excluding hydrogens is 1000 g/mol. The lowest BCUT2D eigenvalue weighted by Crippen LogP contribution is -2.49. The van der Waals surface area contributed by atoms with Crippen molar-refractivity contribution in [1.29, 1.82) is 0 Å². The lowest BCUT2D eigenvalue weighted by atomic mass is 9.90. The van der Waals surface area contributed by atoms with Crippen LogP contribution in [0.25, 0.3) is 22.3 Å². The number of aromatic nitrogens is 12. The normalized spacial score (nSPS) is 25.3. The predicted molar refractivity (Wildman–Crippen MR) is 288 cm³/mol. The molecule has 0 unspecified atom stereocenters. The number of nitrogens with zero attached hydrogens (tertiary/aromatic N) is 12. The molecule has 12 N–H and O–H groups in total. The van der Waals surface area contributed by atoms with Crippen molar-refractivity contribution >= 4 is 63.7 Å². The summed E-state index contributed by atoms with van der Waals surface area (Å²) in [5, 5.41) is 66.7. The van der Waals surface area contributed by atoms with Gasteiger partial charge in [-0.15, -0.1) is 0 Å². The van der Waals surface area contributed by atoms with Crippen LogP contribution in [0.1, 0.15) is 114 Å². The van der Waals surface area contributed by atoms with Gasteiger partial charge < -0.3 is 81.2 Å². The summed E-state index contributed by atoms with van der Waals surface area (Å²) in [6.07, 6.45) is 18.6. The maximum Gasteiger partial charge on any atom is 0.315 e. The first-order valence-corrected chi connectivity index (χ1v) is 27.7. The maximum absolute atomic E-state index is 13.5. The fourth-order valence-corrected chi connectivity index (χ4v) is 11.6. The Balaban J connectivity index is 0.733. The van der Waals surface area contributed by atoms with Gasteiger partial charge in [-0.25, -0.2) is 24.7 Å². The molecule has 4 aliphatic rings. The van der Waals surface area contributed by atoms with E-state index in [2.05, 4.69) is 75.9 Å². The van der Waals surface area contributed by atoms with Crippen LogP contribution in [0.2, 0.25) is 0 Å². The van der Waals surface area contributed by atoms with Crippen molar-refractivity contribution in [3.63, 3.8) is 0 Å². The van der Waals surface area contributed by atoms with Crippen molar-refractivity contribution < 1.29 is 34.8 Å². The zero-order chi connectivity index (χ0) is 54.3. The highest BCUT2D eigenvalue weighted by Crippen LogP contribution is 2.37. The van der Waals surface area contributed by atoms with E-state index in [1.807, 2.05) is 34.2 Å². The highest BCUT2D eigenvalue weighted by Gasteiger charge is 2.44. The van der Waals surface area contributed by atoms with Gasteiger partial charge in [0.2, 0.25) is 23.7 Å². The molecule has 0 aliphatic heterocycles. The van der Waals surface area contributed by atoms with Crippen LogP contribution in [-0.4, -0.2) is 171 Å². The summed E-state index contributed by atoms with van der Waals surface area (Å²) in [5.41, 5.74) is 4.21. The molecule has 6 heterocycles. The fourth-order valence-electron chi connectivity index (χ4n) is 11.6. The highest BCUT2D eigenvalue weighted by atomic mass is 16.3. The minimum Gasteiger partial charge on any atom is -0.388 e. The van der Waals surface area contributed by atoms with Crippen molar-refractivity contribution in [2.45, 2.75) is 177 Å². The fraction of sp³-hybridized carbons (Fsp3) is 0.627. The number of urea groups is 1. The standard InChI is InChI=1S/C51H74N20O7/c1-3-68-21-34(54-25-68)15-17-52-49-64-45(41-47(66-49)70(27-56-41)36-14-13-33(19-36)58-39(74)23-72)59-29-5-9-31(10-6-29)61-51(78)62-32-11-7-30(8-12-32)60-46-42-48(67-50(65-46)53-18-16-35-22-69(4-2)26-55-35)71(28-57-42)38-20-37(43(76)44(38)77)63-40(75)24-73/h21-22,25-33,36-38,43-44,72-73,76-77H,3-20,23-24H2,1-2H3,(H,58,74)(H,63,75)(H2,61,62,78)(H2,52,59,64,66)(H2,53,60,65,67)/t29-,30-,31-,32-,33-,36+,37+,38-,43-,44+/m1/s1. The van der Waals surface area contributed by atoms with Gasteiger partial charge in [-0.1, -0.05) is 0 Å². The van der Waals surface area contributed by atoms with Gasteiger partial charge in [0.15, 0.2) is 34.0 Å². The Labute approximate surface area is 450 Å². The Kier molecular flexibility index (Phi) is 17.1. The Morgan fingerprint density at radius 2 is 1.04 bits per heavy atom. The summed E-state index contributed by atoms with van der Waals surface area (Å²) < 4.78 is 7.85. The average molecular weight is 1080 g/mol. The van der Waals surface area contributed by atoms with Gasteiger partial charge in [-0.3, -0.25) is 9.59 Å². The number of aryl methyl sites for hydroxylation is 2. The zero-order valence-corrected chi connectivity index (χ0v) is 44.3. The predicted octanol–water partition coefficient (Wildman–Crippen LogP) is 1.50. The molecule has 6 atom stereocenters. The highest BCUT2D eigenvalue weighted by molar-refractivity contribution is 5.86. The second-order valence-corrected chi connectivity index (χ2v) is 21.2. The lowest BCUT2D eigenvalue weighted by Gasteiger charge is -2.32. The molecule has 4 aliphatic carbocycles. The largest absolute Gasteiger partial charge is 0.388 e. The minimum atomic E-state index is -1.26. The van der Waals surface area contributed by atoms with Crippen LogP contribution in [0.4, 0.5) is 28.3 Å². The molecule has 4 saturated carbocycles. The first-order valence-electron chi connectivity index (χ1n) is 27.7. The molecular formula is C51H74N20O7. The molecule has 27 heteroatoms. The van der Waals surface area contributed by atoms with Crippen molar-refractivity contribution in [1.82, 2.24) is 79.4 Å². The number of hydrogen-bond donors (Lipinski definition) is 12. The number of fused-ring (bicyclic) bond motifs is 2. The number of imidazole rings is 4. The summed E-state index contributed by atoms with van der Waals surface area (Å²) in [6.45, 7) is 5.62. The maximum atomic E-state index is 13.5. The van der Waals surface area contributed by atoms with Gasteiger partial charge >= 0.3 is 6.03 Å². The van der Waals surface area contributed by atoms with Crippen molar-refractivity contribution in [2.75, 3.05) is 47.6 Å². The lowest BCUT2D eigenvalue weighted by molar-refractivity contribution is -0.125. The third-order valence-corrected chi connectivity index (χ3v) is 15.9. The van der Waals surface area contributed by atoms with E-state index >= 15 is 0 Å². The summed E-state index contributed by atoms with van der Waals surface area (Å²) in [7, 11) is 0. The monoisotopic (exact) mass is 1080 g/mol. The topological polar surface area (TPSA) is 351 Å². The summed E-state index contributed by atoms with van der Waals surface area (Å²) >= 11 is 0. The van der Waals surface area contributed by atoms with Gasteiger partial charge in [0.25, 0.3) is 0 Å². The van der Waals surface area contributed by atoms with Crippen LogP contribution in [-0.2, 0) is 35.5 Å². The third-order valence-electron chi connectivity index (χ3n) is 15.9. The molecule has 0 aromatic carbocycles. The van der Waals surface area contributed by atoms with E-state index in [9.17, 15) is 34.8 Å². The van der Waals surface area contributed by atoms with E-state index in [0.29, 0.717) is 78.2 Å². The number of nitrogens with one attached hydrogen (secondary N) is 8. The quantitative estimate of drug-likeness (QED) is 0.0458. The molecule has 6 aromatic heterocycles. The van der Waals surface area contributed by atoms with E-state index in [-0.39, 0.29) is 54.6 Å². The average Bonchev–Trinajstić information content (AvgIpc) is 4.48. The molecule has 0 bridgehead atoms. The van der Waals surface area contributed by atoms with Crippen LogP contribution in [0.15, 0.2) is 37.7 Å². The van der Waals surface area contributed by atoms with Crippen LogP contribution in [0.3, 0.4) is 0 Å². The van der Waals surface area contributed by atoms with Crippen LogP contribution < -0.4 is 42.5 Å². The van der Waals surface area contributed by atoms with E-state index in [1.54, 1.807) is 17.2 Å². The molecule has 6 aromatic rings. The van der Waals surface area contributed by atoms with Crippen LogP contribution >= 0.6 is 0 Å². The molecule has 10 rings (SSSR count). The Morgan fingerprint density at radius 1 is 0.551 bits per heavy atom. The summed E-state index contributed by atoms with van der Waals surface area (Å²) in [5.74, 6) is 0.974. The summed E-state index contributed by atoms with van der Waals surface area (Å²) in [6, 6.07) is -1.48. The van der Waals surface area contributed by atoms with E-state index in [1.165, 1.54) is 0 Å². The summed E-state index contributed by atoms with van der Waals surface area (Å²) in [4.78, 5) is 75.5. The van der Waals surface area contributed by atoms with Crippen molar-refractivity contribution in [3.8, 4) is 0 Å². The number of carbonyl (C=O) groups excluding carboxylic acids is 3. The van der Waals surface area contributed by atoms with Gasteiger partial charge in [0, 0.05) is 87.7 Å². The third kappa shape index (κ3) is 12.7. The Hall–Kier alpha value is -7.23. The smallest absolute Gasteiger partial charge is 0.315 e. The van der Waals surface area contributed by atoms with Gasteiger partial charge in [0.1, 0.15) is 25.4 Å². The van der Waals surface area contributed by atoms with Crippen molar-refractivity contribution in [3.05, 3.63) is 49.1 Å². The number of anilines is 4. The number of aliphatic hydroxyl groups excluding tert-OH is 4. The van der Waals surface area contributed by atoms with Crippen LogP contribution in [0.5, 0.6) is 0 Å². The second kappa shape index (κ2) is 24.6. The van der Waals surface area contributed by atoms with Gasteiger partial charge in [0.05, 0.1) is 48.8 Å². The molecule has 4 amide bonds. The first kappa shape index (κ1) is 54.1. The molecule has 27 nitrogen and oxygen atoms in total. The van der Waals surface area contributed by atoms with Crippen molar-refractivity contribution in [2.24, 2.45) is 0 Å². The van der Waals surface area contributed by atoms with E-state index < -0.39 is 43.4 Å². The number of aliphatic hydroxyl groups is 4. The molecule has 420 valence electrons. The number of carbonyl (C=O) groups is 3. The molecule has 0 spiro atoms. The number of amides is 4. The van der Waals surface area contributed by atoms with Gasteiger partial charge in [-0.2, -0.15) is 19.9 Å². The SMILES string of the molecule is CCn1cnc(CCNc2nc(N[C@H]3CC[C@H](NC(=O)N[C@H]4CC[C@H](Nc5nc(NCCc6cn(CC)cn6)nc6c5ncn6[C@@H]5C[C@H](NC(=O)CO)[C@@H](O)[C@H]5O)CC4)CC3)c3ncn([C@H]4CC[C@@H](NC(=O)CO)C4)c3n2)c1. The number of hydrogen-bond acceptors (Lipinski definition) is 19. The minimum absolute atomic E-state index is 0.0101. The molecule has 0 saturated heterocycles. The Bertz CT molecular complexity index is 3000.